The number of cyclic esters (lactones) is 1. The first kappa shape index (κ1) is 34.9. The van der Waals surface area contributed by atoms with Gasteiger partial charge in [0.15, 0.2) is 0 Å². The van der Waals surface area contributed by atoms with E-state index in [1.807, 2.05) is 77.7 Å². The van der Waals surface area contributed by atoms with Crippen molar-refractivity contribution in [1.29, 1.82) is 0 Å². The Bertz CT molecular complexity index is 2310. The van der Waals surface area contributed by atoms with Crippen LogP contribution < -0.4 is 20.5 Å². The zero-order valence-corrected chi connectivity index (χ0v) is 30.1. The molecular weight excluding hydrogens is 716 g/mol. The number of nitrogens with zero attached hydrogens (tertiary/aromatic N) is 6. The Morgan fingerprint density at radius 1 is 0.887 bits per heavy atom. The summed E-state index contributed by atoms with van der Waals surface area (Å²) in [4.78, 5) is 28.1. The molecule has 1 aliphatic carbocycles. The molecule has 4 aromatic rings. The molecule has 4 aliphatic rings. The highest BCUT2D eigenvalue weighted by Crippen LogP contribution is 2.32. The van der Waals surface area contributed by atoms with Crippen LogP contribution >= 0.6 is 23.2 Å². The van der Waals surface area contributed by atoms with E-state index in [1.54, 1.807) is 12.1 Å². The highest BCUT2D eigenvalue weighted by molar-refractivity contribution is 6.30. The fraction of sp³-hybridized carbons (Fsp3) is 0.225. The number of nitrogens with one attached hydrogen (secondary N) is 1. The van der Waals surface area contributed by atoms with Gasteiger partial charge >= 0.3 is 6.09 Å². The smallest absolute Gasteiger partial charge is 0.414 e. The van der Waals surface area contributed by atoms with E-state index in [0.717, 1.165) is 64.5 Å². The van der Waals surface area contributed by atoms with E-state index in [0.29, 0.717) is 41.1 Å². The van der Waals surface area contributed by atoms with Crippen LogP contribution in [-0.2, 0) is 4.74 Å². The summed E-state index contributed by atoms with van der Waals surface area (Å²) in [5.74, 6) is -0.402. The zero-order chi connectivity index (χ0) is 36.5. The second-order valence-electron chi connectivity index (χ2n) is 13.0. The molecule has 1 amide bonds. The third-order valence-corrected chi connectivity index (χ3v) is 10.1. The van der Waals surface area contributed by atoms with Gasteiger partial charge in [0.05, 0.1) is 64.5 Å². The van der Waals surface area contributed by atoms with E-state index in [-0.39, 0.29) is 13.2 Å². The third kappa shape index (κ3) is 7.38. The van der Waals surface area contributed by atoms with Crippen LogP contribution in [0.3, 0.4) is 0 Å². The van der Waals surface area contributed by atoms with Gasteiger partial charge in [0.25, 0.3) is 0 Å². The minimum Gasteiger partial charge on any atom is -0.441 e. The molecule has 10 nitrogen and oxygen atoms in total. The number of carbonyl (C=O) groups is 1. The lowest BCUT2D eigenvalue weighted by molar-refractivity contribution is 0.0963. The number of anilines is 4. The molecule has 53 heavy (non-hydrogen) atoms. The first-order valence-electron chi connectivity index (χ1n) is 17.4. The number of amides is 1. The number of ether oxygens (including phenoxy) is 1. The number of aromatic nitrogens is 2. The van der Waals surface area contributed by atoms with Crippen molar-refractivity contribution < 1.29 is 19.0 Å². The second-order valence-corrected chi connectivity index (χ2v) is 13.9. The lowest BCUT2D eigenvalue weighted by Crippen LogP contribution is -2.47. The highest BCUT2D eigenvalue weighted by atomic mass is 35.5. The van der Waals surface area contributed by atoms with Crippen molar-refractivity contribution in [2.45, 2.75) is 6.10 Å². The van der Waals surface area contributed by atoms with Crippen molar-refractivity contribution in [2.75, 3.05) is 67.5 Å². The van der Waals surface area contributed by atoms with E-state index in [9.17, 15) is 9.90 Å². The summed E-state index contributed by atoms with van der Waals surface area (Å²) in [6, 6.07) is 32.3. The van der Waals surface area contributed by atoms with Crippen LogP contribution in [0.5, 0.6) is 0 Å². The second kappa shape index (κ2) is 15.0. The summed E-state index contributed by atoms with van der Waals surface area (Å²) in [6.07, 6.45) is -1.20. The van der Waals surface area contributed by atoms with Gasteiger partial charge in [-0.05, 0) is 91.0 Å². The minimum absolute atomic E-state index is 0.186. The molecule has 0 bridgehead atoms. The van der Waals surface area contributed by atoms with Gasteiger partial charge in [-0.3, -0.25) is 14.8 Å². The first-order valence-corrected chi connectivity index (χ1v) is 18.2. The summed E-state index contributed by atoms with van der Waals surface area (Å²) in [5, 5.41) is 15.0. The van der Waals surface area contributed by atoms with Crippen LogP contribution in [0.4, 0.5) is 31.9 Å². The summed E-state index contributed by atoms with van der Waals surface area (Å²) in [5.41, 5.74) is 7.10. The number of benzene rings is 5. The van der Waals surface area contributed by atoms with E-state index >= 15 is 4.39 Å². The topological polar surface area (TPSA) is 98.5 Å². The number of carbonyl (C=O) groups excluding carboxylic acids is 1. The lowest BCUT2D eigenvalue weighted by atomic mass is 10.1. The average Bonchev–Trinajstić information content (AvgIpc) is 3.56. The minimum atomic E-state index is -0.610. The van der Waals surface area contributed by atoms with E-state index in [4.69, 9.17) is 37.9 Å². The molecular formula is C40H36Cl2FN7O3. The Hall–Kier alpha value is -5.20. The van der Waals surface area contributed by atoms with Crippen molar-refractivity contribution in [3.63, 3.8) is 0 Å². The van der Waals surface area contributed by atoms with E-state index in [2.05, 4.69) is 26.9 Å². The van der Waals surface area contributed by atoms with Crippen LogP contribution in [0.2, 0.25) is 10.0 Å². The van der Waals surface area contributed by atoms with Gasteiger partial charge in [-0.15, -0.1) is 0 Å². The maximum Gasteiger partial charge on any atom is 0.414 e. The van der Waals surface area contributed by atoms with Gasteiger partial charge in [-0.25, -0.2) is 14.2 Å². The molecule has 2 N–H and O–H groups in total. The average molecular weight is 753 g/mol. The number of fused-ring (bicyclic) bond motifs is 2. The predicted molar refractivity (Wildman–Crippen MR) is 208 cm³/mol. The van der Waals surface area contributed by atoms with Crippen molar-refractivity contribution in [1.82, 2.24) is 14.5 Å². The Balaban J connectivity index is 1.04. The molecule has 1 atom stereocenters. The number of piperazine rings is 1. The monoisotopic (exact) mass is 751 g/mol. The number of halogens is 3. The van der Waals surface area contributed by atoms with Crippen LogP contribution in [0.15, 0.2) is 108 Å². The van der Waals surface area contributed by atoms with Crippen LogP contribution in [0, 0.1) is 5.82 Å². The highest BCUT2D eigenvalue weighted by Gasteiger charge is 2.32. The Morgan fingerprint density at radius 2 is 1.60 bits per heavy atom. The molecule has 270 valence electrons. The maximum absolute atomic E-state index is 15.3. The fourth-order valence-electron chi connectivity index (χ4n) is 6.90. The summed E-state index contributed by atoms with van der Waals surface area (Å²) in [6.45, 7) is 3.97. The van der Waals surface area contributed by atoms with Crippen LogP contribution in [-0.4, -0.2) is 84.2 Å². The quantitative estimate of drug-likeness (QED) is 0.149. The Kier molecular flexibility index (Phi) is 9.89. The van der Waals surface area contributed by atoms with Crippen molar-refractivity contribution in [3.05, 3.63) is 124 Å². The molecule has 0 spiro atoms. The number of aliphatic hydroxyl groups excluding tert-OH is 1. The van der Waals surface area contributed by atoms with Gasteiger partial charge in [0.2, 0.25) is 0 Å². The summed E-state index contributed by atoms with van der Waals surface area (Å²) in [7, 11) is 0. The van der Waals surface area contributed by atoms with Crippen molar-refractivity contribution >= 4 is 63.1 Å². The molecule has 13 heteroatoms. The standard InChI is InChI=1S/C40H36Cl2FN7O3/c41-26-5-9-28(10-6-26)45-35-22-36-39(50(29-11-7-27(42)8-12-29)38-4-2-1-3-33(38)46-36)23-34(35)44-15-16-47-17-19-48(20-18-47)37-14-13-30(21-32(37)43)49-24-31(25-51)53-40(49)52/h1-14,21-23,31,45,51H,15-20,24-25H2/t31-/m1/s1. The molecule has 0 radical (unpaired) electrons. The zero-order valence-electron chi connectivity index (χ0n) is 28.6. The molecule has 8 rings (SSSR count). The van der Waals surface area contributed by atoms with E-state index < -0.39 is 18.0 Å². The molecule has 2 fully saturated rings. The number of para-hydroxylation sites is 2. The first-order chi connectivity index (χ1) is 25.8. The SMILES string of the molecule is O=C1O[C@@H](CO)CN1c1ccc(N2CCN(CCN=c3cc4n(-c5ccc(Cl)cc5)c5ccccc5nc-4cc3Nc3ccc(Cl)cc3)CC2)c(F)c1. The maximum atomic E-state index is 15.3. The van der Waals surface area contributed by atoms with Gasteiger partial charge in [0, 0.05) is 54.1 Å². The van der Waals surface area contributed by atoms with Gasteiger partial charge in [0.1, 0.15) is 11.9 Å². The molecule has 0 aromatic heterocycles. The Labute approximate surface area is 315 Å². The molecule has 3 aliphatic heterocycles. The molecule has 4 aromatic carbocycles. The lowest BCUT2D eigenvalue weighted by Gasteiger charge is -2.36. The van der Waals surface area contributed by atoms with Gasteiger partial charge in [-0.1, -0.05) is 35.3 Å². The van der Waals surface area contributed by atoms with Crippen LogP contribution in [0.25, 0.3) is 28.1 Å². The van der Waals surface area contributed by atoms with Gasteiger partial charge in [-0.2, -0.15) is 0 Å². The third-order valence-electron chi connectivity index (χ3n) is 9.64. The molecule has 2 saturated heterocycles. The van der Waals surface area contributed by atoms with Crippen molar-refractivity contribution in [3.8, 4) is 17.1 Å². The summed E-state index contributed by atoms with van der Waals surface area (Å²) < 4.78 is 22.6. The number of rotatable bonds is 9. The number of hydrogen-bond acceptors (Lipinski definition) is 8. The summed E-state index contributed by atoms with van der Waals surface area (Å²) >= 11 is 12.5. The number of aliphatic hydroxyl groups is 1. The number of hydrogen-bond donors (Lipinski definition) is 2. The molecule has 0 saturated carbocycles. The van der Waals surface area contributed by atoms with E-state index in [1.165, 1.54) is 11.0 Å². The van der Waals surface area contributed by atoms with Crippen LogP contribution in [0.1, 0.15) is 0 Å². The predicted octanol–water partition coefficient (Wildman–Crippen LogP) is 7.36. The fourth-order valence-corrected chi connectivity index (χ4v) is 7.15. The molecule has 0 unspecified atom stereocenters. The van der Waals surface area contributed by atoms with Crippen molar-refractivity contribution in [2.24, 2.45) is 4.99 Å². The largest absolute Gasteiger partial charge is 0.441 e. The van der Waals surface area contributed by atoms with Gasteiger partial charge < -0.3 is 24.6 Å². The normalized spacial score (nSPS) is 16.9. The Morgan fingerprint density at radius 3 is 2.32 bits per heavy atom. The molecule has 3 heterocycles.